The van der Waals surface area contributed by atoms with Gasteiger partial charge in [-0.3, -0.25) is 14.2 Å². The highest BCUT2D eigenvalue weighted by Gasteiger charge is 2.16. The fraction of sp³-hybridized carbons (Fsp3) is 0.150. The molecule has 2 aromatic carbocycles. The summed E-state index contributed by atoms with van der Waals surface area (Å²) in [6.07, 6.45) is 1.69. The second-order valence-corrected chi connectivity index (χ2v) is 7.28. The number of nitrogens with zero attached hydrogens (tertiary/aromatic N) is 3. The van der Waals surface area contributed by atoms with Crippen molar-refractivity contribution in [2.45, 2.75) is 13.6 Å². The van der Waals surface area contributed by atoms with E-state index in [4.69, 9.17) is 0 Å². The average molecular weight is 379 g/mol. The molecule has 1 aliphatic heterocycles. The molecular weight excluding hydrogens is 362 g/mol. The summed E-state index contributed by atoms with van der Waals surface area (Å²) < 4.78 is 2.16. The first kappa shape index (κ1) is 17.2. The maximum atomic E-state index is 12.8. The molecule has 1 aliphatic rings. The van der Waals surface area contributed by atoms with Crippen molar-refractivity contribution in [3.8, 4) is 5.75 Å². The van der Waals surface area contributed by atoms with Gasteiger partial charge in [0, 0.05) is 16.8 Å². The molecule has 136 valence electrons. The first-order valence-electron chi connectivity index (χ1n) is 8.43. The number of para-hydroxylation sites is 1. The van der Waals surface area contributed by atoms with Crippen molar-refractivity contribution in [3.05, 3.63) is 79.3 Å². The maximum absolute atomic E-state index is 12.8. The van der Waals surface area contributed by atoms with Crippen molar-refractivity contribution in [2.75, 3.05) is 11.6 Å². The fourth-order valence-corrected chi connectivity index (χ4v) is 3.89. The van der Waals surface area contributed by atoms with E-state index in [9.17, 15) is 14.7 Å². The van der Waals surface area contributed by atoms with E-state index in [0.717, 1.165) is 5.69 Å². The third-order valence-electron chi connectivity index (χ3n) is 4.44. The summed E-state index contributed by atoms with van der Waals surface area (Å²) >= 11 is 1.31. The monoisotopic (exact) mass is 379 g/mol. The van der Waals surface area contributed by atoms with Crippen molar-refractivity contribution >= 4 is 28.9 Å². The summed E-state index contributed by atoms with van der Waals surface area (Å²) in [4.78, 5) is 31.3. The zero-order valence-electron chi connectivity index (χ0n) is 14.6. The molecule has 1 aromatic heterocycles. The van der Waals surface area contributed by atoms with Crippen molar-refractivity contribution in [1.82, 2.24) is 4.57 Å². The Morgan fingerprint density at radius 3 is 2.63 bits per heavy atom. The lowest BCUT2D eigenvalue weighted by molar-refractivity contribution is 0.101. The number of thiazole rings is 1. The van der Waals surface area contributed by atoms with Crippen LogP contribution >= 0.6 is 11.3 Å². The zero-order chi connectivity index (χ0) is 19.0. The number of phenolic OH excluding ortho intramolecular Hbond substituents is 1. The number of fused-ring (bicyclic) bond motifs is 1. The second kappa shape index (κ2) is 6.85. The smallest absolute Gasteiger partial charge is 0.271 e. The Balaban J connectivity index is 1.68. The molecule has 0 fully saturated rings. The first-order chi connectivity index (χ1) is 13.0. The van der Waals surface area contributed by atoms with Crippen molar-refractivity contribution in [2.24, 2.45) is 4.99 Å². The van der Waals surface area contributed by atoms with Crippen LogP contribution < -0.4 is 19.8 Å². The number of hydrogen-bond donors (Lipinski definition) is 1. The number of rotatable bonds is 3. The van der Waals surface area contributed by atoms with E-state index in [-0.39, 0.29) is 17.1 Å². The molecule has 1 N–H and O–H groups in total. The van der Waals surface area contributed by atoms with Gasteiger partial charge >= 0.3 is 0 Å². The number of aromatic hydroxyl groups is 1. The summed E-state index contributed by atoms with van der Waals surface area (Å²) in [7, 11) is 0. The zero-order valence-corrected chi connectivity index (χ0v) is 15.4. The Labute approximate surface area is 159 Å². The molecule has 0 saturated heterocycles. The van der Waals surface area contributed by atoms with Crippen molar-refractivity contribution in [3.63, 3.8) is 0 Å². The normalized spacial score (nSPS) is 14.0. The van der Waals surface area contributed by atoms with Gasteiger partial charge in [-0.2, -0.15) is 0 Å². The fourth-order valence-electron chi connectivity index (χ4n) is 2.93. The van der Waals surface area contributed by atoms with Gasteiger partial charge in [0.25, 0.3) is 5.56 Å². The van der Waals surface area contributed by atoms with E-state index < -0.39 is 0 Å². The summed E-state index contributed by atoms with van der Waals surface area (Å²) in [5.41, 5.74) is 2.02. The Kier molecular flexibility index (Phi) is 4.37. The predicted molar refractivity (Wildman–Crippen MR) is 105 cm³/mol. The number of ketones is 1. The largest absolute Gasteiger partial charge is 0.507 e. The van der Waals surface area contributed by atoms with E-state index >= 15 is 0 Å². The summed E-state index contributed by atoms with van der Waals surface area (Å²) in [5, 5.41) is 9.93. The number of carbonyl (C=O) groups excluding carboxylic acids is 1. The molecule has 6 nitrogen and oxygen atoms in total. The second-order valence-electron chi connectivity index (χ2n) is 6.27. The molecule has 0 spiro atoms. The van der Waals surface area contributed by atoms with E-state index in [2.05, 4.69) is 4.99 Å². The minimum absolute atomic E-state index is 0.0190. The van der Waals surface area contributed by atoms with E-state index in [1.807, 2.05) is 23.1 Å². The molecule has 3 aromatic rings. The SMILES string of the molecule is CC(=O)c1ccc(N2CN=c3sc(=Cc4ccccc4O)c(=O)n3C2)cc1. The van der Waals surface area contributed by atoms with Crippen molar-refractivity contribution in [1.29, 1.82) is 0 Å². The molecule has 0 aliphatic carbocycles. The third-order valence-corrected chi connectivity index (χ3v) is 5.48. The molecule has 27 heavy (non-hydrogen) atoms. The number of carbonyl (C=O) groups is 1. The Morgan fingerprint density at radius 2 is 1.93 bits per heavy atom. The van der Waals surface area contributed by atoms with Gasteiger partial charge in [0.05, 0.1) is 4.53 Å². The minimum Gasteiger partial charge on any atom is -0.507 e. The number of phenols is 1. The highest BCUT2D eigenvalue weighted by molar-refractivity contribution is 7.07. The molecule has 0 bridgehead atoms. The average Bonchev–Trinajstić information content (AvgIpc) is 2.99. The number of benzene rings is 2. The lowest BCUT2D eigenvalue weighted by Gasteiger charge is -2.25. The van der Waals surface area contributed by atoms with E-state index in [1.165, 1.54) is 18.3 Å². The molecule has 0 radical (unpaired) electrons. The lowest BCUT2D eigenvalue weighted by Crippen LogP contribution is -2.42. The number of anilines is 1. The van der Waals surface area contributed by atoms with Crippen LogP contribution in [0.5, 0.6) is 5.75 Å². The quantitative estimate of drug-likeness (QED) is 0.703. The van der Waals surface area contributed by atoms with Crippen molar-refractivity contribution < 1.29 is 9.90 Å². The first-order valence-corrected chi connectivity index (χ1v) is 9.24. The van der Waals surface area contributed by atoms with Gasteiger partial charge < -0.3 is 10.0 Å². The van der Waals surface area contributed by atoms with Crippen LogP contribution in [0, 0.1) is 0 Å². The lowest BCUT2D eigenvalue weighted by atomic mass is 10.1. The molecule has 0 saturated carbocycles. The van der Waals surface area contributed by atoms with Crippen LogP contribution in [0.15, 0.2) is 58.3 Å². The van der Waals surface area contributed by atoms with Gasteiger partial charge in [-0.25, -0.2) is 4.99 Å². The van der Waals surface area contributed by atoms with Crippen LogP contribution in [-0.2, 0) is 6.67 Å². The number of hydrogen-bond acceptors (Lipinski definition) is 6. The van der Waals surface area contributed by atoms with Crippen LogP contribution in [0.3, 0.4) is 0 Å². The molecule has 7 heteroatoms. The maximum Gasteiger partial charge on any atom is 0.271 e. The minimum atomic E-state index is -0.132. The predicted octanol–water partition coefficient (Wildman–Crippen LogP) is 1.70. The van der Waals surface area contributed by atoms with Crippen LogP contribution in [0.25, 0.3) is 6.08 Å². The summed E-state index contributed by atoms with van der Waals surface area (Å²) in [6, 6.07) is 14.2. The topological polar surface area (TPSA) is 74.9 Å². The molecule has 0 atom stereocenters. The highest BCUT2D eigenvalue weighted by Crippen LogP contribution is 2.18. The molecule has 2 heterocycles. The van der Waals surface area contributed by atoms with Gasteiger partial charge in [0.15, 0.2) is 10.6 Å². The molecule has 0 unspecified atom stereocenters. The third kappa shape index (κ3) is 3.29. The number of Topliss-reactive ketones (excluding diaryl/α,β-unsaturated/α-hetero) is 1. The van der Waals surface area contributed by atoms with E-state index in [1.54, 1.807) is 41.0 Å². The van der Waals surface area contributed by atoms with Gasteiger partial charge in [-0.15, -0.1) is 0 Å². The summed E-state index contributed by atoms with van der Waals surface area (Å²) in [6.45, 7) is 2.36. The Hall–Kier alpha value is -3.19. The standard InChI is InChI=1S/C20H17N3O3S/c1-13(24)14-6-8-16(9-7-14)22-11-21-20-23(12-22)19(26)18(27-20)10-15-4-2-3-5-17(15)25/h2-10,25H,11-12H2,1H3. The molecule has 4 rings (SSSR count). The van der Waals surface area contributed by atoms with Gasteiger partial charge in [-0.1, -0.05) is 29.5 Å². The van der Waals surface area contributed by atoms with Crippen LogP contribution in [-0.4, -0.2) is 22.1 Å². The van der Waals surface area contributed by atoms with Crippen LogP contribution in [0.4, 0.5) is 5.69 Å². The Bertz CT molecular complexity index is 1190. The van der Waals surface area contributed by atoms with Gasteiger partial charge in [-0.05, 0) is 43.3 Å². The molecule has 0 amide bonds. The van der Waals surface area contributed by atoms with Crippen LogP contribution in [0.2, 0.25) is 0 Å². The van der Waals surface area contributed by atoms with Gasteiger partial charge in [0.2, 0.25) is 0 Å². The van der Waals surface area contributed by atoms with E-state index in [0.29, 0.717) is 33.8 Å². The highest BCUT2D eigenvalue weighted by atomic mass is 32.1. The van der Waals surface area contributed by atoms with Gasteiger partial charge in [0.1, 0.15) is 19.1 Å². The number of aromatic nitrogens is 1. The molecular formula is C20H17N3O3S. The summed E-state index contributed by atoms with van der Waals surface area (Å²) in [5.74, 6) is 0.156. The Morgan fingerprint density at radius 1 is 1.19 bits per heavy atom. The van der Waals surface area contributed by atoms with Crippen LogP contribution in [0.1, 0.15) is 22.8 Å².